The SMILES string of the molecule is O=C(COc1ccc(Br)cc1)N(c1ccccn1)C1CCCCC1. The first-order chi connectivity index (χ1) is 11.7. The quantitative estimate of drug-likeness (QED) is 0.751. The van der Waals surface area contributed by atoms with E-state index >= 15 is 0 Å². The molecule has 1 aromatic carbocycles. The van der Waals surface area contributed by atoms with Gasteiger partial charge in [-0.1, -0.05) is 41.3 Å². The molecule has 1 aromatic heterocycles. The molecule has 0 spiro atoms. The van der Waals surface area contributed by atoms with E-state index in [1.165, 1.54) is 6.42 Å². The van der Waals surface area contributed by atoms with Gasteiger partial charge in [-0.25, -0.2) is 4.98 Å². The van der Waals surface area contributed by atoms with E-state index in [0.717, 1.165) is 30.2 Å². The van der Waals surface area contributed by atoms with E-state index in [2.05, 4.69) is 20.9 Å². The largest absolute Gasteiger partial charge is 0.484 e. The number of anilines is 1. The Balaban J connectivity index is 1.72. The minimum atomic E-state index is -0.0384. The number of benzene rings is 1. The summed E-state index contributed by atoms with van der Waals surface area (Å²) in [7, 11) is 0. The molecule has 24 heavy (non-hydrogen) atoms. The van der Waals surface area contributed by atoms with E-state index in [-0.39, 0.29) is 18.6 Å². The van der Waals surface area contributed by atoms with Crippen LogP contribution in [0.15, 0.2) is 53.1 Å². The topological polar surface area (TPSA) is 42.4 Å². The van der Waals surface area contributed by atoms with Crippen LogP contribution in [0.1, 0.15) is 32.1 Å². The third-order valence-corrected chi connectivity index (χ3v) is 4.81. The van der Waals surface area contributed by atoms with Crippen LogP contribution in [-0.2, 0) is 4.79 Å². The average Bonchev–Trinajstić information content (AvgIpc) is 2.63. The summed E-state index contributed by atoms with van der Waals surface area (Å²) >= 11 is 3.39. The molecule has 1 saturated carbocycles. The Hall–Kier alpha value is -1.88. The summed E-state index contributed by atoms with van der Waals surface area (Å²) in [6.07, 6.45) is 7.36. The molecule has 126 valence electrons. The molecule has 0 unspecified atom stereocenters. The van der Waals surface area contributed by atoms with Gasteiger partial charge in [0.15, 0.2) is 6.61 Å². The number of aromatic nitrogens is 1. The van der Waals surface area contributed by atoms with Crippen molar-refractivity contribution >= 4 is 27.7 Å². The van der Waals surface area contributed by atoms with E-state index in [1.807, 2.05) is 47.4 Å². The Morgan fingerprint density at radius 2 is 1.88 bits per heavy atom. The highest BCUT2D eigenvalue weighted by atomic mass is 79.9. The smallest absolute Gasteiger partial charge is 0.266 e. The summed E-state index contributed by atoms with van der Waals surface area (Å²) in [5.74, 6) is 1.37. The van der Waals surface area contributed by atoms with Crippen LogP contribution in [0.3, 0.4) is 0 Å². The lowest BCUT2D eigenvalue weighted by Crippen LogP contribution is -2.44. The van der Waals surface area contributed by atoms with E-state index in [0.29, 0.717) is 11.6 Å². The number of amides is 1. The van der Waals surface area contributed by atoms with Gasteiger partial charge in [-0.2, -0.15) is 0 Å². The fraction of sp³-hybridized carbons (Fsp3) is 0.368. The number of pyridine rings is 1. The fourth-order valence-corrected chi connectivity index (χ4v) is 3.36. The van der Waals surface area contributed by atoms with Crippen LogP contribution in [0.2, 0.25) is 0 Å². The van der Waals surface area contributed by atoms with Gasteiger partial charge in [0.25, 0.3) is 5.91 Å². The summed E-state index contributed by atoms with van der Waals surface area (Å²) in [6, 6.07) is 13.4. The molecule has 0 radical (unpaired) electrons. The maximum Gasteiger partial charge on any atom is 0.266 e. The number of rotatable bonds is 5. The van der Waals surface area contributed by atoms with Gasteiger partial charge in [0.05, 0.1) is 0 Å². The number of hydrogen-bond acceptors (Lipinski definition) is 3. The number of nitrogens with zero attached hydrogens (tertiary/aromatic N) is 2. The van der Waals surface area contributed by atoms with Gasteiger partial charge in [-0.05, 0) is 49.2 Å². The number of carbonyl (C=O) groups excluding carboxylic acids is 1. The normalized spacial score (nSPS) is 15.0. The molecule has 5 heteroatoms. The molecular formula is C19H21BrN2O2. The maximum absolute atomic E-state index is 12.8. The average molecular weight is 389 g/mol. The standard InChI is InChI=1S/C19H21BrN2O2/c20-15-9-11-17(12-10-15)24-14-19(23)22(16-6-2-1-3-7-16)18-8-4-5-13-21-18/h4-5,8-13,16H,1-3,6-7,14H2. The Morgan fingerprint density at radius 3 is 2.54 bits per heavy atom. The molecular weight excluding hydrogens is 368 g/mol. The van der Waals surface area contributed by atoms with Gasteiger partial charge >= 0.3 is 0 Å². The molecule has 4 nitrogen and oxygen atoms in total. The van der Waals surface area contributed by atoms with Gasteiger partial charge < -0.3 is 4.74 Å². The lowest BCUT2D eigenvalue weighted by molar-refractivity contribution is -0.121. The van der Waals surface area contributed by atoms with Crippen LogP contribution >= 0.6 is 15.9 Å². The Bertz CT molecular complexity index is 655. The van der Waals surface area contributed by atoms with Crippen molar-refractivity contribution in [3.05, 3.63) is 53.1 Å². The third-order valence-electron chi connectivity index (χ3n) is 4.28. The molecule has 3 rings (SSSR count). The zero-order valence-corrected chi connectivity index (χ0v) is 15.1. The maximum atomic E-state index is 12.8. The molecule has 1 heterocycles. The van der Waals surface area contributed by atoms with Crippen LogP contribution in [0.25, 0.3) is 0 Å². The number of halogens is 1. The molecule has 1 amide bonds. The van der Waals surface area contributed by atoms with Crippen molar-refractivity contribution < 1.29 is 9.53 Å². The fourth-order valence-electron chi connectivity index (χ4n) is 3.10. The predicted molar refractivity (Wildman–Crippen MR) is 98.2 cm³/mol. The summed E-state index contributed by atoms with van der Waals surface area (Å²) in [6.45, 7) is 0.0225. The molecule has 1 aliphatic carbocycles. The van der Waals surface area contributed by atoms with Crippen molar-refractivity contribution in [3.8, 4) is 5.75 Å². The lowest BCUT2D eigenvalue weighted by Gasteiger charge is -2.33. The first-order valence-electron chi connectivity index (χ1n) is 8.35. The number of carbonyl (C=O) groups is 1. The third kappa shape index (κ3) is 4.35. The van der Waals surface area contributed by atoms with E-state index in [4.69, 9.17) is 4.74 Å². The zero-order valence-electron chi connectivity index (χ0n) is 13.5. The molecule has 0 atom stereocenters. The first-order valence-corrected chi connectivity index (χ1v) is 9.15. The molecule has 0 bridgehead atoms. The molecule has 0 N–H and O–H groups in total. The Labute approximate surface area is 151 Å². The highest BCUT2D eigenvalue weighted by molar-refractivity contribution is 9.10. The minimum Gasteiger partial charge on any atom is -0.484 e. The van der Waals surface area contributed by atoms with Crippen molar-refractivity contribution in [2.24, 2.45) is 0 Å². The van der Waals surface area contributed by atoms with Crippen LogP contribution in [0.4, 0.5) is 5.82 Å². The second kappa shape index (κ2) is 8.29. The number of ether oxygens (including phenoxy) is 1. The van der Waals surface area contributed by atoms with Gasteiger partial charge in [0, 0.05) is 16.7 Å². The van der Waals surface area contributed by atoms with Gasteiger partial charge in [0.2, 0.25) is 0 Å². The van der Waals surface area contributed by atoms with Crippen molar-refractivity contribution in [1.29, 1.82) is 0 Å². The summed E-state index contributed by atoms with van der Waals surface area (Å²) in [5, 5.41) is 0. The van der Waals surface area contributed by atoms with Gasteiger partial charge in [0.1, 0.15) is 11.6 Å². The Morgan fingerprint density at radius 1 is 1.12 bits per heavy atom. The first kappa shape index (κ1) is 17.0. The summed E-state index contributed by atoms with van der Waals surface area (Å²) in [5.41, 5.74) is 0. The van der Waals surface area contributed by atoms with Crippen molar-refractivity contribution in [2.45, 2.75) is 38.1 Å². The molecule has 2 aromatic rings. The molecule has 1 fully saturated rings. The number of hydrogen-bond donors (Lipinski definition) is 0. The van der Waals surface area contributed by atoms with Crippen LogP contribution in [0, 0.1) is 0 Å². The van der Waals surface area contributed by atoms with Crippen molar-refractivity contribution in [1.82, 2.24) is 4.98 Å². The lowest BCUT2D eigenvalue weighted by atomic mass is 9.94. The highest BCUT2D eigenvalue weighted by Crippen LogP contribution is 2.26. The van der Waals surface area contributed by atoms with E-state index in [9.17, 15) is 4.79 Å². The van der Waals surface area contributed by atoms with E-state index < -0.39 is 0 Å². The van der Waals surface area contributed by atoms with Gasteiger partial charge in [-0.3, -0.25) is 9.69 Å². The van der Waals surface area contributed by atoms with E-state index in [1.54, 1.807) is 6.20 Å². The van der Waals surface area contributed by atoms with Crippen LogP contribution in [-0.4, -0.2) is 23.5 Å². The van der Waals surface area contributed by atoms with Crippen molar-refractivity contribution in [2.75, 3.05) is 11.5 Å². The van der Waals surface area contributed by atoms with Crippen molar-refractivity contribution in [3.63, 3.8) is 0 Å². The second-order valence-electron chi connectivity index (χ2n) is 5.99. The monoisotopic (exact) mass is 388 g/mol. The summed E-state index contributed by atoms with van der Waals surface area (Å²) in [4.78, 5) is 19.1. The Kier molecular flexibility index (Phi) is 5.86. The molecule has 1 aliphatic rings. The zero-order chi connectivity index (χ0) is 16.8. The summed E-state index contributed by atoms with van der Waals surface area (Å²) < 4.78 is 6.66. The van der Waals surface area contributed by atoms with Gasteiger partial charge in [-0.15, -0.1) is 0 Å². The molecule has 0 aliphatic heterocycles. The van der Waals surface area contributed by atoms with Crippen LogP contribution in [0.5, 0.6) is 5.75 Å². The highest BCUT2D eigenvalue weighted by Gasteiger charge is 2.27. The predicted octanol–water partition coefficient (Wildman–Crippen LogP) is 4.59. The second-order valence-corrected chi connectivity index (χ2v) is 6.90. The molecule has 0 saturated heterocycles. The minimum absolute atomic E-state index is 0.0225. The van der Waals surface area contributed by atoms with Crippen LogP contribution < -0.4 is 9.64 Å².